The fraction of sp³-hybridized carbons (Fsp3) is 0.902. The van der Waals surface area contributed by atoms with Gasteiger partial charge in [0, 0.05) is 5.54 Å². The van der Waals surface area contributed by atoms with Crippen LogP contribution < -0.4 is 0 Å². The van der Waals surface area contributed by atoms with Crippen molar-refractivity contribution in [2.24, 2.45) is 0 Å². The summed E-state index contributed by atoms with van der Waals surface area (Å²) >= 11 is 0. The average molecular weight is 588 g/mol. The van der Waals surface area contributed by atoms with E-state index in [1.165, 1.54) is 199 Å². The topological polar surface area (TPSA) is 3.24 Å². The lowest BCUT2D eigenvalue weighted by Crippen LogP contribution is -2.43. The molecule has 250 valence electrons. The summed E-state index contributed by atoms with van der Waals surface area (Å²) in [5.41, 5.74) is 0.432. The van der Waals surface area contributed by atoms with Gasteiger partial charge in [0.1, 0.15) is 0 Å². The van der Waals surface area contributed by atoms with Crippen molar-refractivity contribution in [1.82, 2.24) is 4.90 Å². The Kier molecular flexibility index (Phi) is 32.9. The third-order valence-electron chi connectivity index (χ3n) is 9.91. The van der Waals surface area contributed by atoms with Crippen molar-refractivity contribution in [3.63, 3.8) is 0 Å². The van der Waals surface area contributed by atoms with Crippen LogP contribution in [0.4, 0.5) is 0 Å². The van der Waals surface area contributed by atoms with Crippen molar-refractivity contribution < 1.29 is 0 Å². The van der Waals surface area contributed by atoms with Crippen LogP contribution in [0.1, 0.15) is 220 Å². The van der Waals surface area contributed by atoms with Crippen LogP contribution in [-0.4, -0.2) is 24.5 Å². The first kappa shape index (κ1) is 41.4. The lowest BCUT2D eigenvalue weighted by atomic mass is 9.83. The molecular formula is C41H81N. The summed E-state index contributed by atoms with van der Waals surface area (Å²) in [6, 6.07) is 0. The first-order valence-electron chi connectivity index (χ1n) is 19.6. The molecule has 1 heteroatoms. The van der Waals surface area contributed by atoms with E-state index in [1.807, 2.05) is 0 Å². The van der Waals surface area contributed by atoms with Crippen molar-refractivity contribution >= 4 is 0 Å². The smallest absolute Gasteiger partial charge is 0.0200 e. The van der Waals surface area contributed by atoms with Crippen LogP contribution in [0.15, 0.2) is 24.3 Å². The van der Waals surface area contributed by atoms with E-state index in [4.69, 9.17) is 0 Å². The molecule has 0 bridgehead atoms. The van der Waals surface area contributed by atoms with Crippen LogP contribution in [0.5, 0.6) is 0 Å². The summed E-state index contributed by atoms with van der Waals surface area (Å²) in [5, 5.41) is 0. The quantitative estimate of drug-likeness (QED) is 0.0534. The second kappa shape index (κ2) is 33.3. The zero-order chi connectivity index (χ0) is 30.8. The van der Waals surface area contributed by atoms with Crippen LogP contribution >= 0.6 is 0 Å². The monoisotopic (exact) mass is 588 g/mol. The summed E-state index contributed by atoms with van der Waals surface area (Å²) in [5.74, 6) is 0. The normalized spacial score (nSPS) is 12.5. The Morgan fingerprint density at radius 3 is 0.881 bits per heavy atom. The van der Waals surface area contributed by atoms with Gasteiger partial charge in [0.05, 0.1) is 0 Å². The molecule has 0 aromatic heterocycles. The largest absolute Gasteiger partial charge is 0.304 e. The zero-order valence-corrected chi connectivity index (χ0v) is 30.2. The van der Waals surface area contributed by atoms with E-state index in [9.17, 15) is 0 Å². The number of rotatable bonds is 34. The van der Waals surface area contributed by atoms with Crippen LogP contribution in [0.3, 0.4) is 0 Å². The molecule has 1 nitrogen and oxygen atoms in total. The van der Waals surface area contributed by atoms with E-state index in [-0.39, 0.29) is 0 Å². The minimum Gasteiger partial charge on any atom is -0.304 e. The van der Waals surface area contributed by atoms with Gasteiger partial charge >= 0.3 is 0 Å². The van der Waals surface area contributed by atoms with Gasteiger partial charge in [-0.05, 0) is 84.7 Å². The summed E-state index contributed by atoms with van der Waals surface area (Å²) < 4.78 is 0. The average Bonchev–Trinajstić information content (AvgIpc) is 2.99. The molecule has 0 saturated carbocycles. The predicted molar refractivity (Wildman–Crippen MR) is 195 cm³/mol. The highest BCUT2D eigenvalue weighted by Crippen LogP contribution is 2.31. The molecule has 0 aromatic carbocycles. The molecule has 0 fully saturated rings. The molecule has 0 radical (unpaired) electrons. The molecule has 0 unspecified atom stereocenters. The van der Waals surface area contributed by atoms with Gasteiger partial charge < -0.3 is 4.90 Å². The SMILES string of the molecule is CCCCCCCC/C=C\CCCCCCCCC(CC)(CCCCCCCC/C=C\CCCCCCCC)N(C)C. The number of unbranched alkanes of at least 4 members (excludes halogenated alkanes) is 24. The Morgan fingerprint density at radius 1 is 0.357 bits per heavy atom. The Morgan fingerprint density at radius 2 is 0.619 bits per heavy atom. The minimum absolute atomic E-state index is 0.432. The standard InChI is InChI=1S/C41H81N/c1-6-9-11-13-15-17-19-21-23-25-27-29-31-33-35-37-39-41(8-3,42(4)5)40-38-36-34-32-30-28-26-24-22-20-18-16-14-12-10-7-2/h21-24H,6-20,25-40H2,1-5H3/b23-21-,24-22-. The molecule has 42 heavy (non-hydrogen) atoms. The maximum atomic E-state index is 2.57. The van der Waals surface area contributed by atoms with Gasteiger partial charge in [-0.1, -0.05) is 173 Å². The van der Waals surface area contributed by atoms with E-state index in [2.05, 4.69) is 64.1 Å². The van der Waals surface area contributed by atoms with Gasteiger partial charge in [0.2, 0.25) is 0 Å². The highest BCUT2D eigenvalue weighted by molar-refractivity contribution is 4.86. The molecule has 0 saturated heterocycles. The van der Waals surface area contributed by atoms with E-state index in [1.54, 1.807) is 0 Å². The van der Waals surface area contributed by atoms with Gasteiger partial charge in [0.15, 0.2) is 0 Å². The molecule has 0 spiro atoms. The Bertz CT molecular complexity index is 517. The third kappa shape index (κ3) is 27.0. The van der Waals surface area contributed by atoms with Crippen LogP contribution in [0.2, 0.25) is 0 Å². The Labute approximate surface area is 268 Å². The fourth-order valence-electron chi connectivity index (χ4n) is 6.65. The fourth-order valence-corrected chi connectivity index (χ4v) is 6.65. The summed E-state index contributed by atoms with van der Waals surface area (Å²) in [6.07, 6.45) is 53.0. The molecular weight excluding hydrogens is 506 g/mol. The van der Waals surface area contributed by atoms with E-state index < -0.39 is 0 Å². The van der Waals surface area contributed by atoms with Crippen molar-refractivity contribution in [2.45, 2.75) is 225 Å². The molecule has 0 atom stereocenters. The minimum atomic E-state index is 0.432. The van der Waals surface area contributed by atoms with E-state index in [0.29, 0.717) is 5.54 Å². The van der Waals surface area contributed by atoms with Gasteiger partial charge in [-0.3, -0.25) is 0 Å². The van der Waals surface area contributed by atoms with Gasteiger partial charge in [-0.25, -0.2) is 0 Å². The maximum absolute atomic E-state index is 2.57. The van der Waals surface area contributed by atoms with E-state index >= 15 is 0 Å². The maximum Gasteiger partial charge on any atom is 0.0200 e. The second-order valence-electron chi connectivity index (χ2n) is 13.8. The predicted octanol–water partition coefficient (Wildman–Crippen LogP) is 14.6. The van der Waals surface area contributed by atoms with Crippen molar-refractivity contribution in [2.75, 3.05) is 14.1 Å². The summed E-state index contributed by atoms with van der Waals surface area (Å²) in [6.45, 7) is 7.03. The lowest BCUT2D eigenvalue weighted by molar-refractivity contribution is 0.113. The molecule has 0 aliphatic heterocycles. The van der Waals surface area contributed by atoms with E-state index in [0.717, 1.165) is 0 Å². The van der Waals surface area contributed by atoms with Gasteiger partial charge in [-0.2, -0.15) is 0 Å². The highest BCUT2D eigenvalue weighted by atomic mass is 15.1. The Hall–Kier alpha value is -0.560. The van der Waals surface area contributed by atoms with Gasteiger partial charge in [-0.15, -0.1) is 0 Å². The Balaban J connectivity index is 3.73. The number of hydrogen-bond acceptors (Lipinski definition) is 1. The van der Waals surface area contributed by atoms with Crippen LogP contribution in [0, 0.1) is 0 Å². The number of allylic oxidation sites excluding steroid dienone is 4. The second-order valence-corrected chi connectivity index (χ2v) is 13.8. The molecule has 0 N–H and O–H groups in total. The molecule has 0 aliphatic carbocycles. The van der Waals surface area contributed by atoms with Crippen molar-refractivity contribution in [3.05, 3.63) is 24.3 Å². The first-order valence-corrected chi connectivity index (χ1v) is 19.6. The number of nitrogens with zero attached hydrogens (tertiary/aromatic N) is 1. The molecule has 0 aliphatic rings. The van der Waals surface area contributed by atoms with Crippen molar-refractivity contribution in [1.29, 1.82) is 0 Å². The first-order chi connectivity index (χ1) is 20.6. The molecule has 0 aromatic rings. The molecule has 0 rings (SSSR count). The van der Waals surface area contributed by atoms with Crippen LogP contribution in [-0.2, 0) is 0 Å². The highest BCUT2D eigenvalue weighted by Gasteiger charge is 2.29. The molecule has 0 heterocycles. The molecule has 0 amide bonds. The summed E-state index contributed by atoms with van der Waals surface area (Å²) in [4.78, 5) is 2.57. The van der Waals surface area contributed by atoms with Crippen LogP contribution in [0.25, 0.3) is 0 Å². The lowest BCUT2D eigenvalue weighted by Gasteiger charge is -2.40. The third-order valence-corrected chi connectivity index (χ3v) is 9.91. The number of hydrogen-bond donors (Lipinski definition) is 0. The summed E-state index contributed by atoms with van der Waals surface area (Å²) in [7, 11) is 4.67. The van der Waals surface area contributed by atoms with Crippen molar-refractivity contribution in [3.8, 4) is 0 Å². The van der Waals surface area contributed by atoms with Gasteiger partial charge in [0.25, 0.3) is 0 Å². The zero-order valence-electron chi connectivity index (χ0n) is 30.2.